The summed E-state index contributed by atoms with van der Waals surface area (Å²) in [6.45, 7) is 11.7. The molecule has 0 saturated carbocycles. The molecule has 0 fully saturated rings. The molecule has 0 aliphatic rings. The van der Waals surface area contributed by atoms with Crippen LogP contribution in [0.2, 0.25) is 0 Å². The smallest absolute Gasteiger partial charge is 0.309 e. The van der Waals surface area contributed by atoms with Gasteiger partial charge in [0.05, 0.1) is 13.0 Å². The van der Waals surface area contributed by atoms with Gasteiger partial charge in [0.25, 0.3) is 0 Å². The van der Waals surface area contributed by atoms with E-state index in [9.17, 15) is 4.79 Å². The van der Waals surface area contributed by atoms with E-state index in [0.717, 1.165) is 6.54 Å². The summed E-state index contributed by atoms with van der Waals surface area (Å²) in [5, 5.41) is 0. The van der Waals surface area contributed by atoms with Crippen molar-refractivity contribution in [2.45, 2.75) is 66.0 Å². The molecule has 3 nitrogen and oxygen atoms in total. The maximum absolute atomic E-state index is 11.6. The summed E-state index contributed by atoms with van der Waals surface area (Å²) in [5.74, 6) is -0.178. The van der Waals surface area contributed by atoms with E-state index in [0.29, 0.717) is 6.04 Å². The quantitative estimate of drug-likeness (QED) is 0.484. The summed E-state index contributed by atoms with van der Waals surface area (Å²) in [6.07, 6.45) is 3.68. The van der Waals surface area contributed by atoms with Gasteiger partial charge in [-0.25, -0.2) is 0 Å². The largest absolute Gasteiger partial charge is 0.469 e. The third-order valence-electron chi connectivity index (χ3n) is 3.50. The highest BCUT2D eigenvalue weighted by atomic mass is 16.5. The Balaban J connectivity index is 4.42. The van der Waals surface area contributed by atoms with Crippen molar-refractivity contribution in [3.8, 4) is 0 Å². The summed E-state index contributed by atoms with van der Waals surface area (Å²) in [6, 6.07) is 0.702. The van der Waals surface area contributed by atoms with Crippen molar-refractivity contribution < 1.29 is 9.53 Å². The molecule has 3 heteroatoms. The summed E-state index contributed by atoms with van der Waals surface area (Å²) in [5.41, 5.74) is 0. The summed E-state index contributed by atoms with van der Waals surface area (Å²) in [7, 11) is 1.46. The number of unbranched alkanes of at least 4 members (excludes halogenated alkanes) is 2. The van der Waals surface area contributed by atoms with Crippen LogP contribution in [-0.4, -0.2) is 36.6 Å². The SMILES string of the molecule is CCCCCN(C(C)C)C(C)C(C)C(=O)OC. The Morgan fingerprint density at radius 2 is 1.76 bits per heavy atom. The van der Waals surface area contributed by atoms with Crippen molar-refractivity contribution >= 4 is 5.97 Å². The van der Waals surface area contributed by atoms with E-state index in [-0.39, 0.29) is 17.9 Å². The van der Waals surface area contributed by atoms with E-state index >= 15 is 0 Å². The van der Waals surface area contributed by atoms with Crippen molar-refractivity contribution in [2.75, 3.05) is 13.7 Å². The second-order valence-corrected chi connectivity index (χ2v) is 5.09. The molecule has 2 atom stereocenters. The molecule has 0 aliphatic carbocycles. The summed E-state index contributed by atoms with van der Waals surface area (Å²) in [4.78, 5) is 14.0. The fraction of sp³-hybridized carbons (Fsp3) is 0.929. The Bertz CT molecular complexity index is 216. The molecule has 0 aromatic rings. The van der Waals surface area contributed by atoms with Gasteiger partial charge < -0.3 is 4.74 Å². The van der Waals surface area contributed by atoms with Gasteiger partial charge in [-0.3, -0.25) is 9.69 Å². The average molecular weight is 243 g/mol. The highest BCUT2D eigenvalue weighted by Gasteiger charge is 2.27. The number of rotatable bonds is 8. The normalized spacial score (nSPS) is 15.1. The number of carbonyl (C=O) groups excluding carboxylic acids is 1. The molecule has 0 saturated heterocycles. The third kappa shape index (κ3) is 5.53. The second kappa shape index (κ2) is 8.51. The van der Waals surface area contributed by atoms with Crippen LogP contribution < -0.4 is 0 Å². The van der Waals surface area contributed by atoms with E-state index in [1.54, 1.807) is 0 Å². The number of ether oxygens (including phenoxy) is 1. The summed E-state index contributed by atoms with van der Waals surface area (Å²) >= 11 is 0. The van der Waals surface area contributed by atoms with Crippen molar-refractivity contribution in [3.63, 3.8) is 0 Å². The van der Waals surface area contributed by atoms with Crippen LogP contribution in [0.3, 0.4) is 0 Å². The Kier molecular flexibility index (Phi) is 8.23. The molecule has 2 unspecified atom stereocenters. The van der Waals surface area contributed by atoms with E-state index in [2.05, 4.69) is 32.6 Å². The molecule has 0 rings (SSSR count). The number of hydrogen-bond acceptors (Lipinski definition) is 3. The lowest BCUT2D eigenvalue weighted by Gasteiger charge is -2.35. The molecule has 0 radical (unpaired) electrons. The molecule has 0 spiro atoms. The van der Waals surface area contributed by atoms with Gasteiger partial charge in [0, 0.05) is 12.1 Å². The van der Waals surface area contributed by atoms with Crippen molar-refractivity contribution in [1.82, 2.24) is 4.90 Å². The number of nitrogens with zero attached hydrogens (tertiary/aromatic N) is 1. The first-order valence-electron chi connectivity index (χ1n) is 6.79. The van der Waals surface area contributed by atoms with E-state index in [4.69, 9.17) is 4.74 Å². The molecule has 0 aromatic carbocycles. The zero-order chi connectivity index (χ0) is 13.4. The minimum atomic E-state index is -0.112. The second-order valence-electron chi connectivity index (χ2n) is 5.09. The van der Waals surface area contributed by atoms with Gasteiger partial charge in [-0.15, -0.1) is 0 Å². The highest BCUT2D eigenvalue weighted by molar-refractivity contribution is 5.72. The molecular formula is C14H29NO2. The topological polar surface area (TPSA) is 29.5 Å². The third-order valence-corrected chi connectivity index (χ3v) is 3.50. The lowest BCUT2D eigenvalue weighted by molar-refractivity contribution is -0.147. The minimum absolute atomic E-state index is 0.0657. The maximum atomic E-state index is 11.6. The minimum Gasteiger partial charge on any atom is -0.469 e. The van der Waals surface area contributed by atoms with Crippen LogP contribution in [0.1, 0.15) is 53.9 Å². The zero-order valence-electron chi connectivity index (χ0n) is 12.3. The first-order valence-corrected chi connectivity index (χ1v) is 6.79. The van der Waals surface area contributed by atoms with Crippen LogP contribution in [0.25, 0.3) is 0 Å². The molecular weight excluding hydrogens is 214 g/mol. The van der Waals surface area contributed by atoms with Gasteiger partial charge in [0.2, 0.25) is 0 Å². The Hall–Kier alpha value is -0.570. The fourth-order valence-corrected chi connectivity index (χ4v) is 2.15. The van der Waals surface area contributed by atoms with Crippen LogP contribution in [0, 0.1) is 5.92 Å². The standard InChI is InChI=1S/C14H29NO2/c1-7-8-9-10-15(11(2)3)13(5)12(4)14(16)17-6/h11-13H,7-10H2,1-6H3. The van der Waals surface area contributed by atoms with Gasteiger partial charge in [0.15, 0.2) is 0 Å². The van der Waals surface area contributed by atoms with Gasteiger partial charge in [0.1, 0.15) is 0 Å². The Morgan fingerprint density at radius 3 is 2.18 bits per heavy atom. The average Bonchev–Trinajstić information content (AvgIpc) is 2.31. The Morgan fingerprint density at radius 1 is 1.18 bits per heavy atom. The lowest BCUT2D eigenvalue weighted by Crippen LogP contribution is -2.45. The van der Waals surface area contributed by atoms with Gasteiger partial charge in [-0.05, 0) is 33.7 Å². The number of esters is 1. The first kappa shape index (κ1) is 16.4. The van der Waals surface area contributed by atoms with Crippen LogP contribution in [-0.2, 0) is 9.53 Å². The predicted octanol–water partition coefficient (Wildman–Crippen LogP) is 3.08. The highest BCUT2D eigenvalue weighted by Crippen LogP contribution is 2.16. The molecule has 0 aromatic heterocycles. The zero-order valence-corrected chi connectivity index (χ0v) is 12.3. The van der Waals surface area contributed by atoms with Crippen LogP contribution >= 0.6 is 0 Å². The van der Waals surface area contributed by atoms with Crippen LogP contribution in [0.5, 0.6) is 0 Å². The van der Waals surface area contributed by atoms with Crippen LogP contribution in [0.4, 0.5) is 0 Å². The number of methoxy groups -OCH3 is 1. The molecule has 102 valence electrons. The number of hydrogen-bond donors (Lipinski definition) is 0. The molecule has 0 bridgehead atoms. The van der Waals surface area contributed by atoms with Gasteiger partial charge in [-0.1, -0.05) is 26.7 Å². The fourth-order valence-electron chi connectivity index (χ4n) is 2.15. The van der Waals surface area contributed by atoms with Gasteiger partial charge in [-0.2, -0.15) is 0 Å². The van der Waals surface area contributed by atoms with Crippen molar-refractivity contribution in [2.24, 2.45) is 5.92 Å². The predicted molar refractivity (Wildman–Crippen MR) is 72.0 cm³/mol. The van der Waals surface area contributed by atoms with Gasteiger partial charge >= 0.3 is 5.97 Å². The molecule has 0 amide bonds. The maximum Gasteiger partial charge on any atom is 0.309 e. The van der Waals surface area contributed by atoms with Crippen molar-refractivity contribution in [3.05, 3.63) is 0 Å². The first-order chi connectivity index (χ1) is 7.95. The molecule has 0 heterocycles. The molecule has 0 N–H and O–H groups in total. The van der Waals surface area contributed by atoms with E-state index < -0.39 is 0 Å². The van der Waals surface area contributed by atoms with Crippen molar-refractivity contribution in [1.29, 1.82) is 0 Å². The van der Waals surface area contributed by atoms with E-state index in [1.807, 2.05) is 6.92 Å². The Labute approximate surface area is 107 Å². The molecule has 0 aliphatic heterocycles. The monoisotopic (exact) mass is 243 g/mol. The van der Waals surface area contributed by atoms with Crippen LogP contribution in [0.15, 0.2) is 0 Å². The molecule has 17 heavy (non-hydrogen) atoms. The lowest BCUT2D eigenvalue weighted by atomic mass is 10.0. The van der Waals surface area contributed by atoms with E-state index in [1.165, 1.54) is 26.4 Å². The summed E-state index contributed by atoms with van der Waals surface area (Å²) < 4.78 is 4.82. The number of carbonyl (C=O) groups is 1.